The van der Waals surface area contributed by atoms with Gasteiger partial charge in [0, 0.05) is 0 Å². The summed E-state index contributed by atoms with van der Waals surface area (Å²) in [6.07, 6.45) is -5.73. The Labute approximate surface area is 62.8 Å². The molecule has 11 heavy (non-hydrogen) atoms. The van der Waals surface area contributed by atoms with Crippen LogP contribution in [0.15, 0.2) is 0 Å². The lowest BCUT2D eigenvalue weighted by atomic mass is 9.90. The molecule has 2 aliphatic rings. The van der Waals surface area contributed by atoms with Crippen LogP contribution < -0.4 is 0 Å². The fourth-order valence-electron chi connectivity index (χ4n) is 1.48. The Bertz CT molecular complexity index is 154. The van der Waals surface area contributed by atoms with Crippen LogP contribution in [0, 0.1) is 0 Å². The summed E-state index contributed by atoms with van der Waals surface area (Å²) in [6, 6.07) is 0. The van der Waals surface area contributed by atoms with Crippen LogP contribution in [-0.2, 0) is 4.74 Å². The second-order valence-electron chi connectivity index (χ2n) is 3.03. The van der Waals surface area contributed by atoms with Crippen LogP contribution in [0.4, 0.5) is 0 Å². The lowest BCUT2D eigenvalue weighted by Crippen LogP contribution is -2.53. The molecule has 0 unspecified atom stereocenters. The topological polar surface area (TPSA) is 93.5 Å². The van der Waals surface area contributed by atoms with E-state index in [-0.39, 0.29) is 0 Å². The number of rotatable bonds is 0. The average molecular weight is 162 g/mol. The van der Waals surface area contributed by atoms with E-state index < -0.39 is 36.6 Å². The molecule has 0 aromatic rings. The Morgan fingerprint density at radius 3 is 1.36 bits per heavy atom. The minimum Gasteiger partial charge on any atom is -0.387 e. The molecule has 0 spiro atoms. The summed E-state index contributed by atoms with van der Waals surface area (Å²) < 4.78 is 4.82. The first-order chi connectivity index (χ1) is 5.13. The van der Waals surface area contributed by atoms with E-state index in [4.69, 9.17) is 25.2 Å². The van der Waals surface area contributed by atoms with E-state index in [1.54, 1.807) is 0 Å². The maximum absolute atomic E-state index is 9.13. The number of hydrogen-bond donors (Lipinski definition) is 4. The van der Waals surface area contributed by atoms with Crippen molar-refractivity contribution >= 4 is 0 Å². The molecule has 1 saturated carbocycles. The van der Waals surface area contributed by atoms with Gasteiger partial charge in [0.05, 0.1) is 0 Å². The number of epoxide rings is 1. The Morgan fingerprint density at radius 1 is 0.636 bits per heavy atom. The molecule has 1 aliphatic heterocycles. The summed E-state index contributed by atoms with van der Waals surface area (Å²) in [5, 5.41) is 36.4. The Balaban J connectivity index is 2.13. The van der Waals surface area contributed by atoms with Gasteiger partial charge in [-0.1, -0.05) is 0 Å². The molecule has 64 valence electrons. The van der Waals surface area contributed by atoms with Crippen LogP contribution in [0.25, 0.3) is 0 Å². The van der Waals surface area contributed by atoms with E-state index in [1.165, 1.54) is 0 Å². The monoisotopic (exact) mass is 162 g/mol. The van der Waals surface area contributed by atoms with Crippen molar-refractivity contribution < 1.29 is 25.2 Å². The maximum atomic E-state index is 9.13. The number of ether oxygens (including phenoxy) is 1. The fraction of sp³-hybridized carbons (Fsp3) is 1.00. The summed E-state index contributed by atoms with van der Waals surface area (Å²) in [4.78, 5) is 0. The molecule has 0 amide bonds. The van der Waals surface area contributed by atoms with E-state index in [0.717, 1.165) is 0 Å². The molecule has 0 radical (unpaired) electrons. The van der Waals surface area contributed by atoms with Crippen molar-refractivity contribution in [1.29, 1.82) is 0 Å². The molecule has 1 heterocycles. The third-order valence-corrected chi connectivity index (χ3v) is 2.28. The van der Waals surface area contributed by atoms with E-state index >= 15 is 0 Å². The van der Waals surface area contributed by atoms with Crippen LogP contribution in [0.5, 0.6) is 0 Å². The van der Waals surface area contributed by atoms with Gasteiger partial charge in [-0.3, -0.25) is 0 Å². The largest absolute Gasteiger partial charge is 0.387 e. The minimum atomic E-state index is -1.30. The standard InChI is InChI=1S/C6H10O5/c7-1-2(8)4(10)6-5(11-6)3(1)9/h1-10H/t1-,2-,3+,4+,5+,6+/m0/s1. The van der Waals surface area contributed by atoms with Crippen molar-refractivity contribution in [3.8, 4) is 0 Å². The van der Waals surface area contributed by atoms with Gasteiger partial charge in [0.15, 0.2) is 0 Å². The minimum absolute atomic E-state index is 0.497. The molecule has 6 atom stereocenters. The smallest absolute Gasteiger partial charge is 0.115 e. The van der Waals surface area contributed by atoms with Crippen molar-refractivity contribution in [3.63, 3.8) is 0 Å². The Hall–Kier alpha value is -0.200. The number of aliphatic hydroxyl groups excluding tert-OH is 4. The predicted molar refractivity (Wildman–Crippen MR) is 32.7 cm³/mol. The van der Waals surface area contributed by atoms with Gasteiger partial charge < -0.3 is 25.2 Å². The van der Waals surface area contributed by atoms with Crippen molar-refractivity contribution in [2.45, 2.75) is 36.6 Å². The predicted octanol–water partition coefficient (Wildman–Crippen LogP) is -2.79. The van der Waals surface area contributed by atoms with Gasteiger partial charge >= 0.3 is 0 Å². The maximum Gasteiger partial charge on any atom is 0.115 e. The molecule has 2 rings (SSSR count). The zero-order chi connectivity index (χ0) is 8.17. The highest BCUT2D eigenvalue weighted by atomic mass is 16.6. The molecule has 0 bridgehead atoms. The average Bonchev–Trinajstić information content (AvgIpc) is 2.76. The summed E-state index contributed by atoms with van der Waals surface area (Å²) in [5.41, 5.74) is 0. The second-order valence-corrected chi connectivity index (χ2v) is 3.03. The Kier molecular flexibility index (Phi) is 1.45. The van der Waals surface area contributed by atoms with Crippen molar-refractivity contribution in [2.24, 2.45) is 0 Å². The third-order valence-electron chi connectivity index (χ3n) is 2.28. The lowest BCUT2D eigenvalue weighted by Gasteiger charge is -2.28. The highest BCUT2D eigenvalue weighted by molar-refractivity contribution is 5.07. The highest BCUT2D eigenvalue weighted by Gasteiger charge is 2.59. The molecule has 5 nitrogen and oxygen atoms in total. The number of fused-ring (bicyclic) bond motifs is 1. The van der Waals surface area contributed by atoms with Gasteiger partial charge in [-0.25, -0.2) is 0 Å². The van der Waals surface area contributed by atoms with E-state index in [9.17, 15) is 0 Å². The van der Waals surface area contributed by atoms with Crippen LogP contribution in [0.3, 0.4) is 0 Å². The molecular weight excluding hydrogens is 152 g/mol. The number of aliphatic hydroxyl groups is 4. The summed E-state index contributed by atoms with van der Waals surface area (Å²) >= 11 is 0. The second kappa shape index (κ2) is 2.15. The van der Waals surface area contributed by atoms with Crippen LogP contribution in [-0.4, -0.2) is 57.0 Å². The van der Waals surface area contributed by atoms with Crippen molar-refractivity contribution in [2.75, 3.05) is 0 Å². The van der Waals surface area contributed by atoms with Gasteiger partial charge in [0.2, 0.25) is 0 Å². The van der Waals surface area contributed by atoms with Gasteiger partial charge in [-0.15, -0.1) is 0 Å². The van der Waals surface area contributed by atoms with E-state index in [0.29, 0.717) is 0 Å². The third kappa shape index (κ3) is 0.896. The fourth-order valence-corrected chi connectivity index (χ4v) is 1.48. The Morgan fingerprint density at radius 2 is 1.00 bits per heavy atom. The van der Waals surface area contributed by atoms with Crippen molar-refractivity contribution in [1.82, 2.24) is 0 Å². The lowest BCUT2D eigenvalue weighted by molar-refractivity contribution is -0.121. The molecule has 0 aromatic carbocycles. The zero-order valence-corrected chi connectivity index (χ0v) is 5.66. The SMILES string of the molecule is O[C@H]1[C@H](O)[C@@H](O)[C@H]2O[C@@H]2[C@@H]1O. The summed E-state index contributed by atoms with van der Waals surface area (Å²) in [6.45, 7) is 0. The molecule has 1 aliphatic carbocycles. The van der Waals surface area contributed by atoms with E-state index in [1.807, 2.05) is 0 Å². The first-order valence-corrected chi connectivity index (χ1v) is 3.50. The first-order valence-electron chi connectivity index (χ1n) is 3.50. The van der Waals surface area contributed by atoms with Crippen LogP contribution in [0.2, 0.25) is 0 Å². The molecule has 4 N–H and O–H groups in total. The molecule has 1 saturated heterocycles. The molecular formula is C6H10O5. The van der Waals surface area contributed by atoms with Gasteiger partial charge in [-0.05, 0) is 0 Å². The van der Waals surface area contributed by atoms with Crippen LogP contribution in [0.1, 0.15) is 0 Å². The van der Waals surface area contributed by atoms with Gasteiger partial charge in [0.1, 0.15) is 36.6 Å². The quantitative estimate of drug-likeness (QED) is 0.289. The molecule has 5 heteroatoms. The van der Waals surface area contributed by atoms with Crippen LogP contribution >= 0.6 is 0 Å². The van der Waals surface area contributed by atoms with Gasteiger partial charge in [-0.2, -0.15) is 0 Å². The normalized spacial score (nSPS) is 62.2. The highest BCUT2D eigenvalue weighted by Crippen LogP contribution is 2.37. The molecule has 0 aromatic heterocycles. The van der Waals surface area contributed by atoms with Crippen molar-refractivity contribution in [3.05, 3.63) is 0 Å². The van der Waals surface area contributed by atoms with E-state index in [2.05, 4.69) is 0 Å². The van der Waals surface area contributed by atoms with Gasteiger partial charge in [0.25, 0.3) is 0 Å². The first kappa shape index (κ1) is 7.45. The summed E-state index contributed by atoms with van der Waals surface area (Å²) in [7, 11) is 0. The number of hydrogen-bond acceptors (Lipinski definition) is 5. The zero-order valence-electron chi connectivity index (χ0n) is 5.66. The summed E-state index contributed by atoms with van der Waals surface area (Å²) in [5.74, 6) is 0. The molecule has 2 fully saturated rings.